The smallest absolute Gasteiger partial charge is 0.411 e. The number of carbonyl (C=O) groups is 4. The quantitative estimate of drug-likeness (QED) is 0.665. The fraction of sp³-hybridized carbons (Fsp3) is 0. The maximum absolute atomic E-state index is 12.1. The van der Waals surface area contributed by atoms with Crippen LogP contribution >= 0.6 is 0 Å². The van der Waals surface area contributed by atoms with E-state index < -0.39 is 23.6 Å². The number of nitrogens with one attached hydrogen (secondary N) is 1. The number of amides is 2. The largest absolute Gasteiger partial charge is 0.465 e. The van der Waals surface area contributed by atoms with Gasteiger partial charge in [0.05, 0.1) is 0 Å². The third kappa shape index (κ3) is 3.43. The number of carboxylic acid groups (broad SMARTS) is 1. The molecule has 6 heteroatoms. The molecular formula is C16H11NO5. The first-order valence-electron chi connectivity index (χ1n) is 6.27. The van der Waals surface area contributed by atoms with Crippen molar-refractivity contribution >= 4 is 23.6 Å². The van der Waals surface area contributed by atoms with Crippen LogP contribution in [0.3, 0.4) is 0 Å². The Balaban J connectivity index is 2.26. The lowest BCUT2D eigenvalue weighted by Gasteiger charge is -2.04. The van der Waals surface area contributed by atoms with Crippen LogP contribution < -0.4 is 5.32 Å². The Bertz CT molecular complexity index is 752. The maximum Gasteiger partial charge on any atom is 0.411 e. The van der Waals surface area contributed by atoms with E-state index in [1.807, 2.05) is 0 Å². The van der Waals surface area contributed by atoms with E-state index in [9.17, 15) is 19.2 Å². The van der Waals surface area contributed by atoms with Gasteiger partial charge in [0.1, 0.15) is 0 Å². The van der Waals surface area contributed by atoms with Crippen molar-refractivity contribution in [2.45, 2.75) is 0 Å². The third-order valence-electron chi connectivity index (χ3n) is 2.85. The standard InChI is InChI=1S/C16H11NO5/c18-13(10-5-2-1-3-6-10)14(19)11-7-4-8-12(9-11)15(20)17-16(21)22/h1-9H,(H,17,20)(H,21,22). The summed E-state index contributed by atoms with van der Waals surface area (Å²) in [5.74, 6) is -2.33. The molecular weight excluding hydrogens is 286 g/mol. The second-order valence-corrected chi connectivity index (χ2v) is 4.36. The lowest BCUT2D eigenvalue weighted by molar-refractivity contribution is 0.0816. The minimum Gasteiger partial charge on any atom is -0.465 e. The van der Waals surface area contributed by atoms with E-state index in [1.54, 1.807) is 23.5 Å². The van der Waals surface area contributed by atoms with Gasteiger partial charge < -0.3 is 5.11 Å². The summed E-state index contributed by atoms with van der Waals surface area (Å²) in [6.07, 6.45) is -1.50. The van der Waals surface area contributed by atoms with Gasteiger partial charge in [-0.1, -0.05) is 42.5 Å². The minimum atomic E-state index is -1.50. The lowest BCUT2D eigenvalue weighted by Crippen LogP contribution is -2.28. The van der Waals surface area contributed by atoms with E-state index in [1.165, 1.54) is 36.4 Å². The average molecular weight is 297 g/mol. The highest BCUT2D eigenvalue weighted by atomic mass is 16.4. The molecule has 0 aliphatic carbocycles. The van der Waals surface area contributed by atoms with Gasteiger partial charge in [-0.15, -0.1) is 0 Å². The van der Waals surface area contributed by atoms with E-state index in [4.69, 9.17) is 5.11 Å². The molecule has 2 aromatic carbocycles. The molecule has 2 aromatic rings. The van der Waals surface area contributed by atoms with Gasteiger partial charge in [-0.2, -0.15) is 0 Å². The first-order valence-corrected chi connectivity index (χ1v) is 6.27. The van der Waals surface area contributed by atoms with Crippen LogP contribution in [0.4, 0.5) is 4.79 Å². The molecule has 0 atom stereocenters. The zero-order chi connectivity index (χ0) is 16.1. The molecule has 0 radical (unpaired) electrons. The van der Waals surface area contributed by atoms with Crippen molar-refractivity contribution < 1.29 is 24.3 Å². The predicted molar refractivity (Wildman–Crippen MR) is 77.0 cm³/mol. The van der Waals surface area contributed by atoms with Gasteiger partial charge in [-0.25, -0.2) is 4.79 Å². The Kier molecular flexibility index (Phi) is 4.43. The summed E-state index contributed by atoms with van der Waals surface area (Å²) in [5, 5.41) is 10.2. The molecule has 0 spiro atoms. The second kappa shape index (κ2) is 6.45. The van der Waals surface area contributed by atoms with Crippen molar-refractivity contribution in [3.63, 3.8) is 0 Å². The Morgan fingerprint density at radius 3 is 1.91 bits per heavy atom. The number of hydrogen-bond acceptors (Lipinski definition) is 4. The predicted octanol–water partition coefficient (Wildman–Crippen LogP) is 2.16. The van der Waals surface area contributed by atoms with Crippen molar-refractivity contribution in [1.82, 2.24) is 5.32 Å². The molecule has 2 rings (SSSR count). The number of hydrogen-bond donors (Lipinski definition) is 2. The Morgan fingerprint density at radius 2 is 1.27 bits per heavy atom. The second-order valence-electron chi connectivity index (χ2n) is 4.36. The van der Waals surface area contributed by atoms with E-state index in [0.29, 0.717) is 0 Å². The lowest BCUT2D eigenvalue weighted by atomic mass is 10.00. The molecule has 0 aliphatic rings. The molecule has 0 aliphatic heterocycles. The normalized spacial score (nSPS) is 9.82. The van der Waals surface area contributed by atoms with E-state index in [-0.39, 0.29) is 16.7 Å². The van der Waals surface area contributed by atoms with Crippen molar-refractivity contribution in [3.05, 3.63) is 71.3 Å². The first-order chi connectivity index (χ1) is 10.5. The molecule has 0 saturated carbocycles. The number of benzene rings is 2. The highest BCUT2D eigenvalue weighted by molar-refractivity contribution is 6.49. The summed E-state index contributed by atoms with van der Waals surface area (Å²) in [4.78, 5) is 46.2. The van der Waals surface area contributed by atoms with Gasteiger partial charge in [0.2, 0.25) is 11.6 Å². The Hall–Kier alpha value is -3.28. The molecule has 2 amide bonds. The Morgan fingerprint density at radius 1 is 0.727 bits per heavy atom. The van der Waals surface area contributed by atoms with Gasteiger partial charge in [0.25, 0.3) is 5.91 Å². The number of imide groups is 1. The molecule has 0 heterocycles. The van der Waals surface area contributed by atoms with Crippen molar-refractivity contribution in [3.8, 4) is 0 Å². The zero-order valence-electron chi connectivity index (χ0n) is 11.3. The summed E-state index contributed by atoms with van der Waals surface area (Å²) in [7, 11) is 0. The maximum atomic E-state index is 12.1. The van der Waals surface area contributed by atoms with E-state index in [0.717, 1.165) is 0 Å². The van der Waals surface area contributed by atoms with E-state index >= 15 is 0 Å². The molecule has 0 unspecified atom stereocenters. The molecule has 2 N–H and O–H groups in total. The van der Waals surface area contributed by atoms with Gasteiger partial charge in [0, 0.05) is 16.7 Å². The summed E-state index contributed by atoms with van der Waals surface area (Å²) in [6.45, 7) is 0. The minimum absolute atomic E-state index is 0.0193. The van der Waals surface area contributed by atoms with Gasteiger partial charge >= 0.3 is 6.09 Å². The van der Waals surface area contributed by atoms with Crippen LogP contribution in [0.5, 0.6) is 0 Å². The molecule has 22 heavy (non-hydrogen) atoms. The van der Waals surface area contributed by atoms with Crippen LogP contribution in [0.1, 0.15) is 31.1 Å². The zero-order valence-corrected chi connectivity index (χ0v) is 11.3. The number of carbonyl (C=O) groups excluding carboxylic acids is 3. The summed E-state index contributed by atoms with van der Waals surface area (Å²) in [5.41, 5.74) is 0.244. The fourth-order valence-corrected chi connectivity index (χ4v) is 1.82. The van der Waals surface area contributed by atoms with Crippen molar-refractivity contribution in [2.24, 2.45) is 0 Å². The monoisotopic (exact) mass is 297 g/mol. The highest BCUT2D eigenvalue weighted by Gasteiger charge is 2.19. The molecule has 0 bridgehead atoms. The number of Topliss-reactive ketones (excluding diaryl/α,β-unsaturated/α-hetero) is 2. The SMILES string of the molecule is O=C(O)NC(=O)c1cccc(C(=O)C(=O)c2ccccc2)c1. The molecule has 110 valence electrons. The summed E-state index contributed by atoms with van der Waals surface area (Å²) < 4.78 is 0. The van der Waals surface area contributed by atoms with Gasteiger partial charge in [-0.05, 0) is 12.1 Å². The fourth-order valence-electron chi connectivity index (χ4n) is 1.82. The van der Waals surface area contributed by atoms with Gasteiger partial charge in [0.15, 0.2) is 0 Å². The molecule has 6 nitrogen and oxygen atoms in total. The van der Waals surface area contributed by atoms with Crippen molar-refractivity contribution in [1.29, 1.82) is 0 Å². The van der Waals surface area contributed by atoms with Crippen LogP contribution in [0.15, 0.2) is 54.6 Å². The molecule has 0 fully saturated rings. The summed E-state index contributed by atoms with van der Waals surface area (Å²) >= 11 is 0. The van der Waals surface area contributed by atoms with Crippen molar-refractivity contribution in [2.75, 3.05) is 0 Å². The van der Waals surface area contributed by atoms with E-state index in [2.05, 4.69) is 0 Å². The Labute approximate surface area is 125 Å². The first kappa shape index (κ1) is 15.1. The summed E-state index contributed by atoms with van der Waals surface area (Å²) in [6, 6.07) is 13.3. The average Bonchev–Trinajstić information content (AvgIpc) is 2.54. The highest BCUT2D eigenvalue weighted by Crippen LogP contribution is 2.10. The topological polar surface area (TPSA) is 101 Å². The molecule has 0 aromatic heterocycles. The van der Waals surface area contributed by atoms with Crippen LogP contribution in [0.25, 0.3) is 0 Å². The van der Waals surface area contributed by atoms with Crippen LogP contribution in [-0.4, -0.2) is 28.7 Å². The van der Waals surface area contributed by atoms with Crippen LogP contribution in [0.2, 0.25) is 0 Å². The van der Waals surface area contributed by atoms with Crippen LogP contribution in [-0.2, 0) is 0 Å². The third-order valence-corrected chi connectivity index (χ3v) is 2.85. The van der Waals surface area contributed by atoms with Crippen LogP contribution in [0, 0.1) is 0 Å². The number of ketones is 2. The molecule has 0 saturated heterocycles. The number of rotatable bonds is 4. The van der Waals surface area contributed by atoms with Gasteiger partial charge in [-0.3, -0.25) is 19.7 Å².